The van der Waals surface area contributed by atoms with Gasteiger partial charge in [-0.3, -0.25) is 4.90 Å². The quantitative estimate of drug-likeness (QED) is 0.453. The van der Waals surface area contributed by atoms with Crippen molar-refractivity contribution in [3.05, 3.63) is 12.7 Å². The lowest BCUT2D eigenvalue weighted by molar-refractivity contribution is 0.0401. The number of rotatable bonds is 9. The highest BCUT2D eigenvalue weighted by Crippen LogP contribution is 2.48. The first-order chi connectivity index (χ1) is 11.8. The minimum absolute atomic E-state index is 0.320. The van der Waals surface area contributed by atoms with Crippen molar-refractivity contribution in [2.24, 2.45) is 23.7 Å². The highest BCUT2D eigenvalue weighted by molar-refractivity contribution is 7.80. The van der Waals surface area contributed by atoms with E-state index in [2.05, 4.69) is 51.5 Å². The number of nitrogens with one attached hydrogen (secondary N) is 1. The van der Waals surface area contributed by atoms with Gasteiger partial charge in [-0.15, -0.1) is 0 Å². The van der Waals surface area contributed by atoms with Crippen molar-refractivity contribution < 1.29 is 0 Å². The number of hydrogen-bond acceptors (Lipinski definition) is 3. The summed E-state index contributed by atoms with van der Waals surface area (Å²) in [4.78, 5) is 3.40. The van der Waals surface area contributed by atoms with Crippen LogP contribution in [0, 0.1) is 23.7 Å². The average Bonchev–Trinajstić information content (AvgIpc) is 2.58. The molecule has 3 heteroatoms. The molecule has 1 N–H and O–H groups in total. The Morgan fingerprint density at radius 1 is 1.40 bits per heavy atom. The molecule has 25 heavy (non-hydrogen) atoms. The molecule has 0 saturated heterocycles. The summed E-state index contributed by atoms with van der Waals surface area (Å²) in [5, 5.41) is 4.02. The summed E-state index contributed by atoms with van der Waals surface area (Å²) in [5.74, 6) is 3.30. The summed E-state index contributed by atoms with van der Waals surface area (Å²) >= 11 is 5.54. The van der Waals surface area contributed by atoms with Gasteiger partial charge in [0.15, 0.2) is 0 Å². The fraction of sp³-hybridized carbons (Fsp3) is 0.864. The molecule has 2 nitrogen and oxygen atoms in total. The van der Waals surface area contributed by atoms with Crippen LogP contribution in [0.4, 0.5) is 0 Å². The largest absolute Gasteiger partial charge is 0.310 e. The Kier molecular flexibility index (Phi) is 7.67. The van der Waals surface area contributed by atoms with E-state index in [9.17, 15) is 0 Å². The number of nitrogens with zero attached hydrogens (tertiary/aromatic N) is 1. The summed E-state index contributed by atoms with van der Waals surface area (Å²) in [6.45, 7) is 15.4. The lowest BCUT2D eigenvalue weighted by atomic mass is 9.59. The Morgan fingerprint density at radius 3 is 2.72 bits per heavy atom. The fourth-order valence-electron chi connectivity index (χ4n) is 5.47. The molecule has 2 fully saturated rings. The number of fused-ring (bicyclic) bond motifs is 2. The van der Waals surface area contributed by atoms with Gasteiger partial charge in [0.05, 0.1) is 0 Å². The summed E-state index contributed by atoms with van der Waals surface area (Å²) in [6, 6.07) is 0.320. The standard InChI is InChI=1S/C22H40N2S/c1-7-18-13-19-15-22(14-18,10-9-17(19)5)23-11-12-24(6)21(16(3)4)20(25)8-2/h8,16-19,21,23H,2,7,9-15H2,1,3-6H3. The van der Waals surface area contributed by atoms with Crippen LogP contribution in [0.25, 0.3) is 0 Å². The number of hydrogen-bond donors (Lipinski definition) is 1. The second-order valence-electron chi connectivity index (χ2n) is 9.18. The number of likely N-dealkylation sites (N-methyl/N-ethyl adjacent to an activating group) is 1. The Labute approximate surface area is 161 Å². The van der Waals surface area contributed by atoms with E-state index < -0.39 is 0 Å². The number of thiocarbonyl (C=S) groups is 1. The maximum absolute atomic E-state index is 5.54. The maximum Gasteiger partial charge on any atom is 0.0470 e. The average molecular weight is 365 g/mol. The van der Waals surface area contributed by atoms with Crippen LogP contribution in [0.5, 0.6) is 0 Å². The van der Waals surface area contributed by atoms with E-state index in [0.717, 1.165) is 35.7 Å². The normalized spacial score (nSPS) is 33.5. The molecular weight excluding hydrogens is 324 g/mol. The van der Waals surface area contributed by atoms with Crippen LogP contribution in [0.1, 0.15) is 66.2 Å². The highest BCUT2D eigenvalue weighted by atomic mass is 32.1. The minimum atomic E-state index is 0.320. The topological polar surface area (TPSA) is 15.3 Å². The molecule has 0 aromatic rings. The molecule has 0 aromatic carbocycles. The van der Waals surface area contributed by atoms with Gasteiger partial charge in [0.1, 0.15) is 0 Å². The predicted octanol–water partition coefficient (Wildman–Crippen LogP) is 5.08. The van der Waals surface area contributed by atoms with Gasteiger partial charge in [-0.2, -0.15) is 0 Å². The van der Waals surface area contributed by atoms with Crippen molar-refractivity contribution >= 4 is 17.1 Å². The van der Waals surface area contributed by atoms with Crippen molar-refractivity contribution in [2.45, 2.75) is 77.8 Å². The van der Waals surface area contributed by atoms with Crippen LogP contribution in [0.3, 0.4) is 0 Å². The zero-order valence-corrected chi connectivity index (χ0v) is 18.0. The van der Waals surface area contributed by atoms with Gasteiger partial charge in [-0.1, -0.05) is 59.0 Å². The smallest absolute Gasteiger partial charge is 0.0470 e. The Morgan fingerprint density at radius 2 is 2.12 bits per heavy atom. The van der Waals surface area contributed by atoms with E-state index >= 15 is 0 Å². The lowest BCUT2D eigenvalue weighted by Gasteiger charge is -2.51. The summed E-state index contributed by atoms with van der Waals surface area (Å²) in [5.41, 5.74) is 0.406. The van der Waals surface area contributed by atoms with Crippen molar-refractivity contribution in [1.82, 2.24) is 10.2 Å². The van der Waals surface area contributed by atoms with Gasteiger partial charge in [0.2, 0.25) is 0 Å². The molecule has 0 aromatic heterocycles. The summed E-state index contributed by atoms with van der Waals surface area (Å²) in [7, 11) is 2.21. The van der Waals surface area contributed by atoms with E-state index in [1.54, 1.807) is 0 Å². The van der Waals surface area contributed by atoms with E-state index in [-0.39, 0.29) is 0 Å². The SMILES string of the molecule is C=CC(=S)C(C(C)C)N(C)CCNC12CCC(C)C(CC(CC)C1)C2. The van der Waals surface area contributed by atoms with Crippen LogP contribution in [-0.2, 0) is 0 Å². The second-order valence-corrected chi connectivity index (χ2v) is 9.65. The van der Waals surface area contributed by atoms with Crippen molar-refractivity contribution in [1.29, 1.82) is 0 Å². The van der Waals surface area contributed by atoms with Gasteiger partial charge in [-0.25, -0.2) is 0 Å². The van der Waals surface area contributed by atoms with Gasteiger partial charge >= 0.3 is 0 Å². The van der Waals surface area contributed by atoms with Crippen molar-refractivity contribution in [3.8, 4) is 0 Å². The molecular formula is C22H40N2S. The third kappa shape index (κ3) is 5.14. The molecule has 2 rings (SSSR count). The lowest BCUT2D eigenvalue weighted by Crippen LogP contribution is -2.56. The van der Waals surface area contributed by atoms with Crippen LogP contribution < -0.4 is 5.32 Å². The molecule has 2 aliphatic rings. The third-order valence-electron chi connectivity index (χ3n) is 6.99. The molecule has 0 heterocycles. The fourth-order valence-corrected chi connectivity index (χ4v) is 5.92. The second kappa shape index (κ2) is 9.10. The molecule has 144 valence electrons. The van der Waals surface area contributed by atoms with E-state index in [1.807, 2.05) is 6.08 Å². The Hall–Kier alpha value is -0.250. The Bertz CT molecular complexity index is 457. The molecule has 0 amide bonds. The molecule has 2 saturated carbocycles. The molecule has 0 spiro atoms. The van der Waals surface area contributed by atoms with Gasteiger partial charge in [0.25, 0.3) is 0 Å². The molecule has 5 atom stereocenters. The maximum atomic E-state index is 5.54. The molecule has 2 bridgehead atoms. The van der Waals surface area contributed by atoms with E-state index in [0.29, 0.717) is 17.5 Å². The van der Waals surface area contributed by atoms with Crippen LogP contribution in [0.2, 0.25) is 0 Å². The molecule has 0 radical (unpaired) electrons. The van der Waals surface area contributed by atoms with Gasteiger partial charge in [-0.05, 0) is 62.8 Å². The van der Waals surface area contributed by atoms with Gasteiger partial charge < -0.3 is 5.32 Å². The van der Waals surface area contributed by atoms with Crippen molar-refractivity contribution in [3.63, 3.8) is 0 Å². The summed E-state index contributed by atoms with van der Waals surface area (Å²) in [6.07, 6.45) is 10.2. The monoisotopic (exact) mass is 364 g/mol. The molecule has 2 aliphatic carbocycles. The first-order valence-corrected chi connectivity index (χ1v) is 10.8. The summed E-state index contributed by atoms with van der Waals surface area (Å²) < 4.78 is 0. The molecule has 0 aliphatic heterocycles. The van der Waals surface area contributed by atoms with Crippen molar-refractivity contribution in [2.75, 3.05) is 20.1 Å². The van der Waals surface area contributed by atoms with Crippen LogP contribution >= 0.6 is 12.2 Å². The van der Waals surface area contributed by atoms with Crippen LogP contribution in [-0.4, -0.2) is 41.5 Å². The first kappa shape index (κ1) is 21.1. The minimum Gasteiger partial charge on any atom is -0.310 e. The predicted molar refractivity (Wildman–Crippen MR) is 114 cm³/mol. The highest BCUT2D eigenvalue weighted by Gasteiger charge is 2.44. The molecule has 5 unspecified atom stereocenters. The van der Waals surface area contributed by atoms with E-state index in [1.165, 1.54) is 38.5 Å². The van der Waals surface area contributed by atoms with E-state index in [4.69, 9.17) is 12.2 Å². The third-order valence-corrected chi connectivity index (χ3v) is 7.40. The van der Waals surface area contributed by atoms with Gasteiger partial charge in [0, 0.05) is 29.5 Å². The zero-order valence-electron chi connectivity index (χ0n) is 17.2. The Balaban J connectivity index is 1.93. The van der Waals surface area contributed by atoms with Crippen LogP contribution in [0.15, 0.2) is 12.7 Å². The first-order valence-electron chi connectivity index (χ1n) is 10.4. The zero-order chi connectivity index (χ0) is 18.6.